The maximum absolute atomic E-state index is 11.1. The molecule has 3 nitrogen and oxygen atoms in total. The standard InChI is InChI=1S/C11H9BrN2OS/c12-6-10(15)14-11-13-9(7-16-11)8-4-2-1-3-5-8/h1-5,7H,6H2,(H,13,14,15). The van der Waals surface area contributed by atoms with Gasteiger partial charge in [0.1, 0.15) is 0 Å². The van der Waals surface area contributed by atoms with Crippen LogP contribution in [0, 0.1) is 0 Å². The van der Waals surface area contributed by atoms with Gasteiger partial charge in [0.15, 0.2) is 5.13 Å². The number of aromatic nitrogens is 1. The number of rotatable bonds is 3. The molecule has 0 bridgehead atoms. The Kier molecular flexibility index (Phi) is 3.69. The third-order valence-corrected chi connectivity index (χ3v) is 3.21. The number of benzene rings is 1. The van der Waals surface area contributed by atoms with E-state index in [1.807, 2.05) is 35.7 Å². The lowest BCUT2D eigenvalue weighted by atomic mass is 10.2. The molecule has 1 N–H and O–H groups in total. The first-order chi connectivity index (χ1) is 7.79. The topological polar surface area (TPSA) is 42.0 Å². The third-order valence-electron chi connectivity index (χ3n) is 1.94. The minimum Gasteiger partial charge on any atom is -0.301 e. The van der Waals surface area contributed by atoms with Gasteiger partial charge in [0.05, 0.1) is 11.0 Å². The number of nitrogens with one attached hydrogen (secondary N) is 1. The first kappa shape index (κ1) is 11.3. The van der Waals surface area contributed by atoms with Crippen LogP contribution in [-0.4, -0.2) is 16.2 Å². The number of carbonyl (C=O) groups is 1. The number of carbonyl (C=O) groups excluding carboxylic acids is 1. The number of hydrogen-bond donors (Lipinski definition) is 1. The van der Waals surface area contributed by atoms with Gasteiger partial charge in [-0.15, -0.1) is 11.3 Å². The van der Waals surface area contributed by atoms with Gasteiger partial charge < -0.3 is 5.32 Å². The number of halogens is 1. The van der Waals surface area contributed by atoms with E-state index in [4.69, 9.17) is 0 Å². The second-order valence-electron chi connectivity index (χ2n) is 3.09. The van der Waals surface area contributed by atoms with Gasteiger partial charge in [-0.05, 0) is 0 Å². The molecule has 82 valence electrons. The molecule has 0 atom stereocenters. The van der Waals surface area contributed by atoms with E-state index in [9.17, 15) is 4.79 Å². The highest BCUT2D eigenvalue weighted by Crippen LogP contribution is 2.24. The molecule has 0 saturated heterocycles. The molecule has 0 aliphatic carbocycles. The summed E-state index contributed by atoms with van der Waals surface area (Å²) < 4.78 is 0. The monoisotopic (exact) mass is 296 g/mol. The summed E-state index contributed by atoms with van der Waals surface area (Å²) in [5.74, 6) is -0.0889. The Morgan fingerprint density at radius 3 is 2.81 bits per heavy atom. The summed E-state index contributed by atoms with van der Waals surface area (Å²) in [4.78, 5) is 15.5. The first-order valence-corrected chi connectivity index (χ1v) is 6.66. The number of nitrogens with zero attached hydrogens (tertiary/aromatic N) is 1. The summed E-state index contributed by atoms with van der Waals surface area (Å²) in [7, 11) is 0. The maximum atomic E-state index is 11.1. The predicted molar refractivity (Wildman–Crippen MR) is 70.0 cm³/mol. The second kappa shape index (κ2) is 5.23. The number of amides is 1. The van der Waals surface area contributed by atoms with Crippen LogP contribution >= 0.6 is 27.3 Å². The molecule has 0 unspecified atom stereocenters. The van der Waals surface area contributed by atoms with Crippen molar-refractivity contribution in [1.29, 1.82) is 0 Å². The van der Waals surface area contributed by atoms with Crippen molar-refractivity contribution in [2.24, 2.45) is 0 Å². The fraction of sp³-hybridized carbons (Fsp3) is 0.0909. The molecule has 0 aliphatic rings. The Balaban J connectivity index is 2.17. The quantitative estimate of drug-likeness (QED) is 0.884. The lowest BCUT2D eigenvalue weighted by Crippen LogP contribution is -2.11. The zero-order chi connectivity index (χ0) is 11.4. The fourth-order valence-corrected chi connectivity index (χ4v) is 2.10. The van der Waals surface area contributed by atoms with Gasteiger partial charge in [-0.1, -0.05) is 46.3 Å². The zero-order valence-electron chi connectivity index (χ0n) is 8.31. The highest BCUT2D eigenvalue weighted by atomic mass is 79.9. The normalized spacial score (nSPS) is 10.1. The average Bonchev–Trinajstić information content (AvgIpc) is 2.78. The molecule has 1 aromatic heterocycles. The summed E-state index contributed by atoms with van der Waals surface area (Å²) >= 11 is 4.51. The van der Waals surface area contributed by atoms with Gasteiger partial charge in [-0.3, -0.25) is 4.79 Å². The molecular formula is C11H9BrN2OS. The van der Waals surface area contributed by atoms with Crippen LogP contribution in [0.25, 0.3) is 11.3 Å². The van der Waals surface area contributed by atoms with Crippen LogP contribution in [0.2, 0.25) is 0 Å². The molecule has 1 aromatic carbocycles. The van der Waals surface area contributed by atoms with Crippen LogP contribution < -0.4 is 5.32 Å². The maximum Gasteiger partial charge on any atom is 0.236 e. The van der Waals surface area contributed by atoms with Crippen LogP contribution in [0.4, 0.5) is 5.13 Å². The molecule has 5 heteroatoms. The van der Waals surface area contributed by atoms with Crippen molar-refractivity contribution in [3.8, 4) is 11.3 Å². The molecule has 0 spiro atoms. The van der Waals surface area contributed by atoms with Crippen molar-refractivity contribution >= 4 is 38.3 Å². The van der Waals surface area contributed by atoms with Crippen LogP contribution in [0.3, 0.4) is 0 Å². The predicted octanol–water partition coefficient (Wildman–Crippen LogP) is 3.14. The van der Waals surface area contributed by atoms with Gasteiger partial charge in [0.25, 0.3) is 0 Å². The van der Waals surface area contributed by atoms with E-state index in [0.717, 1.165) is 11.3 Å². The Morgan fingerprint density at radius 1 is 1.38 bits per heavy atom. The molecule has 0 saturated carbocycles. The summed E-state index contributed by atoms with van der Waals surface area (Å²) in [6.07, 6.45) is 0. The van der Waals surface area contributed by atoms with Gasteiger partial charge in [0.2, 0.25) is 5.91 Å². The van der Waals surface area contributed by atoms with Gasteiger partial charge in [-0.2, -0.15) is 0 Å². The van der Waals surface area contributed by atoms with Crippen LogP contribution in [0.15, 0.2) is 35.7 Å². The highest BCUT2D eigenvalue weighted by Gasteiger charge is 2.06. The smallest absolute Gasteiger partial charge is 0.236 e. The van der Waals surface area contributed by atoms with Crippen molar-refractivity contribution in [3.63, 3.8) is 0 Å². The van der Waals surface area contributed by atoms with E-state index in [-0.39, 0.29) is 11.2 Å². The van der Waals surface area contributed by atoms with E-state index in [1.54, 1.807) is 0 Å². The Labute approximate surface area is 106 Å². The lowest BCUT2D eigenvalue weighted by Gasteiger charge is -1.96. The summed E-state index contributed by atoms with van der Waals surface area (Å²) in [5.41, 5.74) is 1.94. The number of thiazole rings is 1. The zero-order valence-corrected chi connectivity index (χ0v) is 10.7. The van der Waals surface area contributed by atoms with E-state index >= 15 is 0 Å². The third kappa shape index (κ3) is 2.68. The van der Waals surface area contributed by atoms with Gasteiger partial charge in [-0.25, -0.2) is 4.98 Å². The molecule has 0 aliphatic heterocycles. The van der Waals surface area contributed by atoms with Crippen molar-refractivity contribution in [3.05, 3.63) is 35.7 Å². The summed E-state index contributed by atoms with van der Waals surface area (Å²) in [6, 6.07) is 9.87. The molecular weight excluding hydrogens is 288 g/mol. The molecule has 0 fully saturated rings. The molecule has 2 rings (SSSR count). The minimum atomic E-state index is -0.0889. The second-order valence-corrected chi connectivity index (χ2v) is 4.50. The Hall–Kier alpha value is -1.20. The average molecular weight is 297 g/mol. The fourth-order valence-electron chi connectivity index (χ4n) is 1.23. The molecule has 16 heavy (non-hydrogen) atoms. The SMILES string of the molecule is O=C(CBr)Nc1nc(-c2ccccc2)cs1. The van der Waals surface area contributed by atoms with Crippen molar-refractivity contribution in [2.45, 2.75) is 0 Å². The summed E-state index contributed by atoms with van der Waals surface area (Å²) in [6.45, 7) is 0. The number of alkyl halides is 1. The summed E-state index contributed by atoms with van der Waals surface area (Å²) in [5, 5.41) is 5.55. The van der Waals surface area contributed by atoms with Crippen LogP contribution in [-0.2, 0) is 4.79 Å². The Bertz CT molecular complexity index is 484. The number of hydrogen-bond acceptors (Lipinski definition) is 3. The van der Waals surface area contributed by atoms with Crippen molar-refractivity contribution < 1.29 is 4.79 Å². The largest absolute Gasteiger partial charge is 0.301 e. The molecule has 1 amide bonds. The highest BCUT2D eigenvalue weighted by molar-refractivity contribution is 9.09. The molecule has 0 radical (unpaired) electrons. The minimum absolute atomic E-state index is 0.0889. The van der Waals surface area contributed by atoms with Crippen LogP contribution in [0.1, 0.15) is 0 Å². The van der Waals surface area contributed by atoms with E-state index in [1.165, 1.54) is 11.3 Å². The number of anilines is 1. The first-order valence-electron chi connectivity index (χ1n) is 4.66. The molecule has 1 heterocycles. The van der Waals surface area contributed by atoms with Crippen molar-refractivity contribution in [1.82, 2.24) is 4.98 Å². The van der Waals surface area contributed by atoms with Crippen molar-refractivity contribution in [2.75, 3.05) is 10.6 Å². The van der Waals surface area contributed by atoms with Gasteiger partial charge >= 0.3 is 0 Å². The molecule has 2 aromatic rings. The lowest BCUT2D eigenvalue weighted by molar-refractivity contribution is -0.113. The van der Waals surface area contributed by atoms with Gasteiger partial charge in [0, 0.05) is 10.9 Å². The van der Waals surface area contributed by atoms with E-state index < -0.39 is 0 Å². The van der Waals surface area contributed by atoms with Crippen LogP contribution in [0.5, 0.6) is 0 Å². The van der Waals surface area contributed by atoms with E-state index in [2.05, 4.69) is 26.2 Å². The van der Waals surface area contributed by atoms with E-state index in [0.29, 0.717) is 5.13 Å². The Morgan fingerprint density at radius 2 is 2.12 bits per heavy atom.